The fourth-order valence-corrected chi connectivity index (χ4v) is 1.69. The number of amides is 1. The molecule has 1 N–H and O–H groups in total. The molecule has 0 aliphatic heterocycles. The summed E-state index contributed by atoms with van der Waals surface area (Å²) in [5.74, 6) is 0.155. The Morgan fingerprint density at radius 2 is 2.05 bits per heavy atom. The number of methoxy groups -OCH3 is 1. The third-order valence-electron chi connectivity index (χ3n) is 2.66. The van der Waals surface area contributed by atoms with Crippen LogP contribution >= 0.6 is 0 Å². The topological polar surface area (TPSA) is 64.1 Å². The number of rotatable bonds is 5. The largest absolute Gasteiger partial charge is 0.480 e. The van der Waals surface area contributed by atoms with Crippen LogP contribution < -0.4 is 10.1 Å². The summed E-state index contributed by atoms with van der Waals surface area (Å²) in [5, 5.41) is 2.84. The Balaban J connectivity index is 1.91. The molecule has 0 spiro atoms. The summed E-state index contributed by atoms with van der Waals surface area (Å²) in [6.45, 7) is 0.556. The average Bonchev–Trinajstić information content (AvgIpc) is 2.48. The van der Waals surface area contributed by atoms with Crippen LogP contribution in [0.3, 0.4) is 0 Å². The molecule has 5 heteroatoms. The van der Waals surface area contributed by atoms with Gasteiger partial charge < -0.3 is 10.1 Å². The molecule has 1 amide bonds. The van der Waals surface area contributed by atoms with E-state index in [1.54, 1.807) is 30.7 Å². The van der Waals surface area contributed by atoms with E-state index in [0.29, 0.717) is 18.0 Å². The summed E-state index contributed by atoms with van der Waals surface area (Å²) in [6.07, 6.45) is 5.83. The molecule has 19 heavy (non-hydrogen) atoms. The summed E-state index contributed by atoms with van der Waals surface area (Å²) < 4.78 is 5.05. The Kier molecular flexibility index (Phi) is 4.44. The Labute approximate surface area is 111 Å². The summed E-state index contributed by atoms with van der Waals surface area (Å²) in [6, 6.07) is 7.25. The van der Waals surface area contributed by atoms with Gasteiger partial charge in [-0.1, -0.05) is 0 Å². The standard InChI is InChI=1S/C14H15N3O2/c1-19-14-12(3-2-7-17-14)13(18)16-10-6-11-4-8-15-9-5-11/h2-5,7-9H,6,10H2,1H3,(H,16,18). The second kappa shape index (κ2) is 6.49. The van der Waals surface area contributed by atoms with Gasteiger partial charge in [-0.05, 0) is 36.2 Å². The lowest BCUT2D eigenvalue weighted by molar-refractivity contribution is 0.0950. The number of nitrogens with zero attached hydrogens (tertiary/aromatic N) is 2. The molecule has 0 aromatic carbocycles. The van der Waals surface area contributed by atoms with E-state index in [-0.39, 0.29) is 5.91 Å². The number of pyridine rings is 2. The maximum Gasteiger partial charge on any atom is 0.256 e. The highest BCUT2D eigenvalue weighted by atomic mass is 16.5. The highest BCUT2D eigenvalue weighted by molar-refractivity contribution is 5.96. The lowest BCUT2D eigenvalue weighted by Gasteiger charge is -2.08. The molecule has 2 aromatic heterocycles. The van der Waals surface area contributed by atoms with Crippen molar-refractivity contribution < 1.29 is 9.53 Å². The van der Waals surface area contributed by atoms with E-state index in [2.05, 4.69) is 15.3 Å². The highest BCUT2D eigenvalue weighted by Gasteiger charge is 2.11. The first-order chi connectivity index (χ1) is 9.31. The van der Waals surface area contributed by atoms with Gasteiger partial charge in [0.05, 0.1) is 7.11 Å². The zero-order valence-electron chi connectivity index (χ0n) is 10.7. The smallest absolute Gasteiger partial charge is 0.256 e. The number of aromatic nitrogens is 2. The van der Waals surface area contributed by atoms with Crippen molar-refractivity contribution in [1.82, 2.24) is 15.3 Å². The first-order valence-corrected chi connectivity index (χ1v) is 5.97. The van der Waals surface area contributed by atoms with Crippen molar-refractivity contribution in [2.45, 2.75) is 6.42 Å². The average molecular weight is 257 g/mol. The van der Waals surface area contributed by atoms with E-state index in [9.17, 15) is 4.79 Å². The lowest BCUT2D eigenvalue weighted by Crippen LogP contribution is -2.26. The minimum absolute atomic E-state index is 0.181. The second-order valence-electron chi connectivity index (χ2n) is 3.92. The van der Waals surface area contributed by atoms with Gasteiger partial charge >= 0.3 is 0 Å². The number of carbonyl (C=O) groups is 1. The van der Waals surface area contributed by atoms with Crippen LogP contribution in [0, 0.1) is 0 Å². The predicted octanol–water partition coefficient (Wildman–Crippen LogP) is 1.46. The van der Waals surface area contributed by atoms with Crippen molar-refractivity contribution in [2.75, 3.05) is 13.7 Å². The molecule has 2 aromatic rings. The fourth-order valence-electron chi connectivity index (χ4n) is 1.69. The van der Waals surface area contributed by atoms with Crippen LogP contribution in [0.2, 0.25) is 0 Å². The van der Waals surface area contributed by atoms with Crippen molar-refractivity contribution in [3.8, 4) is 5.88 Å². The molecule has 0 saturated heterocycles. The third kappa shape index (κ3) is 3.51. The summed E-state index contributed by atoms with van der Waals surface area (Å²) in [5.41, 5.74) is 1.58. The van der Waals surface area contributed by atoms with Crippen LogP contribution in [0.15, 0.2) is 42.9 Å². The Morgan fingerprint density at radius 1 is 1.26 bits per heavy atom. The molecule has 0 unspecified atom stereocenters. The van der Waals surface area contributed by atoms with E-state index < -0.39 is 0 Å². The van der Waals surface area contributed by atoms with Crippen molar-refractivity contribution in [3.05, 3.63) is 54.0 Å². The maximum absolute atomic E-state index is 12.0. The molecule has 0 radical (unpaired) electrons. The molecular weight excluding hydrogens is 242 g/mol. The van der Waals surface area contributed by atoms with Crippen LogP contribution in [0.4, 0.5) is 0 Å². The molecule has 0 bridgehead atoms. The van der Waals surface area contributed by atoms with Gasteiger partial charge in [0.25, 0.3) is 5.91 Å². The second-order valence-corrected chi connectivity index (χ2v) is 3.92. The number of hydrogen-bond acceptors (Lipinski definition) is 4. The molecule has 0 aliphatic rings. The van der Waals surface area contributed by atoms with Gasteiger partial charge in [-0.3, -0.25) is 9.78 Å². The van der Waals surface area contributed by atoms with Gasteiger partial charge in [0.15, 0.2) is 0 Å². The molecule has 0 fully saturated rings. The fraction of sp³-hybridized carbons (Fsp3) is 0.214. The molecule has 2 rings (SSSR count). The summed E-state index contributed by atoms with van der Waals surface area (Å²) >= 11 is 0. The Hall–Kier alpha value is -2.43. The minimum Gasteiger partial charge on any atom is -0.480 e. The molecular formula is C14H15N3O2. The van der Waals surface area contributed by atoms with Crippen LogP contribution in [0.25, 0.3) is 0 Å². The van der Waals surface area contributed by atoms with Gasteiger partial charge in [0, 0.05) is 25.1 Å². The van der Waals surface area contributed by atoms with Crippen molar-refractivity contribution in [3.63, 3.8) is 0 Å². The zero-order valence-corrected chi connectivity index (χ0v) is 10.7. The maximum atomic E-state index is 12.0. The number of nitrogens with one attached hydrogen (secondary N) is 1. The molecule has 5 nitrogen and oxygen atoms in total. The third-order valence-corrected chi connectivity index (χ3v) is 2.66. The molecule has 98 valence electrons. The lowest BCUT2D eigenvalue weighted by atomic mass is 10.2. The number of hydrogen-bond donors (Lipinski definition) is 1. The monoisotopic (exact) mass is 257 g/mol. The van der Waals surface area contributed by atoms with Gasteiger partial charge in [-0.15, -0.1) is 0 Å². The first-order valence-electron chi connectivity index (χ1n) is 5.97. The number of carbonyl (C=O) groups excluding carboxylic acids is 1. The van der Waals surface area contributed by atoms with Gasteiger partial charge in [0.1, 0.15) is 5.56 Å². The van der Waals surface area contributed by atoms with Crippen molar-refractivity contribution in [1.29, 1.82) is 0 Å². The van der Waals surface area contributed by atoms with Gasteiger partial charge in [0.2, 0.25) is 5.88 Å². The van der Waals surface area contributed by atoms with Crippen LogP contribution in [-0.2, 0) is 6.42 Å². The summed E-state index contributed by atoms with van der Waals surface area (Å²) in [7, 11) is 1.50. The van der Waals surface area contributed by atoms with E-state index in [0.717, 1.165) is 12.0 Å². The first kappa shape index (κ1) is 13.0. The van der Waals surface area contributed by atoms with Gasteiger partial charge in [-0.2, -0.15) is 0 Å². The normalized spacial score (nSPS) is 9.95. The van der Waals surface area contributed by atoms with Crippen LogP contribution in [0.1, 0.15) is 15.9 Å². The molecule has 0 saturated carbocycles. The zero-order chi connectivity index (χ0) is 13.5. The molecule has 0 atom stereocenters. The van der Waals surface area contributed by atoms with E-state index >= 15 is 0 Å². The van der Waals surface area contributed by atoms with E-state index in [4.69, 9.17) is 4.74 Å². The minimum atomic E-state index is -0.181. The highest BCUT2D eigenvalue weighted by Crippen LogP contribution is 2.12. The summed E-state index contributed by atoms with van der Waals surface area (Å²) in [4.78, 5) is 19.9. The van der Waals surface area contributed by atoms with Crippen LogP contribution in [0.5, 0.6) is 5.88 Å². The van der Waals surface area contributed by atoms with Gasteiger partial charge in [-0.25, -0.2) is 4.98 Å². The number of ether oxygens (including phenoxy) is 1. The SMILES string of the molecule is COc1ncccc1C(=O)NCCc1ccncc1. The Morgan fingerprint density at radius 3 is 2.79 bits per heavy atom. The van der Waals surface area contributed by atoms with Crippen LogP contribution in [-0.4, -0.2) is 29.5 Å². The predicted molar refractivity (Wildman–Crippen MR) is 71.1 cm³/mol. The molecule has 0 aliphatic carbocycles. The van der Waals surface area contributed by atoms with Crippen molar-refractivity contribution >= 4 is 5.91 Å². The molecule has 2 heterocycles. The van der Waals surface area contributed by atoms with E-state index in [1.165, 1.54) is 7.11 Å². The Bertz CT molecular complexity index is 543. The quantitative estimate of drug-likeness (QED) is 0.880. The van der Waals surface area contributed by atoms with Crippen molar-refractivity contribution in [2.24, 2.45) is 0 Å². The van der Waals surface area contributed by atoms with E-state index in [1.807, 2.05) is 12.1 Å².